The molecule has 146 valence electrons. The monoisotopic (exact) mass is 369 g/mol. The molecule has 0 atom stereocenters. The predicted molar refractivity (Wildman–Crippen MR) is 109 cm³/mol. The third-order valence-corrected chi connectivity index (χ3v) is 6.02. The Morgan fingerprint density at radius 1 is 0.889 bits per heavy atom. The van der Waals surface area contributed by atoms with Gasteiger partial charge in [-0.2, -0.15) is 0 Å². The topological polar surface area (TPSA) is 35.0 Å². The van der Waals surface area contributed by atoms with Crippen LogP contribution in [0.15, 0.2) is 30.5 Å². The Labute approximate surface area is 161 Å². The van der Waals surface area contributed by atoms with Crippen LogP contribution in [0.4, 0.5) is 0 Å². The molecule has 0 aliphatic carbocycles. The lowest BCUT2D eigenvalue weighted by molar-refractivity contribution is -0.132. The van der Waals surface area contributed by atoms with Crippen LogP contribution >= 0.6 is 0 Å². The van der Waals surface area contributed by atoms with Crippen LogP contribution in [0, 0.1) is 0 Å². The van der Waals surface area contributed by atoms with Gasteiger partial charge >= 0.3 is 0 Å². The van der Waals surface area contributed by atoms with Gasteiger partial charge in [0, 0.05) is 69.5 Å². The van der Waals surface area contributed by atoms with E-state index in [4.69, 9.17) is 0 Å². The van der Waals surface area contributed by atoms with E-state index in [1.54, 1.807) is 0 Å². The van der Waals surface area contributed by atoms with Crippen molar-refractivity contribution in [3.63, 3.8) is 0 Å². The quantitative estimate of drug-likeness (QED) is 0.810. The van der Waals surface area contributed by atoms with Crippen molar-refractivity contribution in [1.82, 2.24) is 24.2 Å². The minimum Gasteiger partial charge on any atom is -0.340 e. The van der Waals surface area contributed by atoms with Crippen molar-refractivity contribution in [2.45, 2.75) is 13.1 Å². The number of rotatable bonds is 4. The van der Waals surface area contributed by atoms with E-state index in [1.807, 2.05) is 4.90 Å². The number of benzene rings is 1. The molecule has 2 aliphatic heterocycles. The van der Waals surface area contributed by atoms with Crippen LogP contribution in [-0.4, -0.2) is 96.5 Å². The van der Waals surface area contributed by atoms with Crippen molar-refractivity contribution in [2.75, 3.05) is 66.5 Å². The molecule has 2 saturated heterocycles. The Hall–Kier alpha value is -1.89. The molecule has 6 nitrogen and oxygen atoms in total. The van der Waals surface area contributed by atoms with Gasteiger partial charge in [-0.05, 0) is 25.7 Å². The van der Waals surface area contributed by atoms with Gasteiger partial charge in [0.2, 0.25) is 5.91 Å². The summed E-state index contributed by atoms with van der Waals surface area (Å²) in [6, 6.07) is 8.50. The summed E-state index contributed by atoms with van der Waals surface area (Å²) in [6.45, 7) is 8.95. The zero-order chi connectivity index (χ0) is 18.8. The maximum Gasteiger partial charge on any atom is 0.227 e. The number of para-hydroxylation sites is 1. The molecule has 1 aromatic heterocycles. The average molecular weight is 370 g/mol. The molecule has 0 spiro atoms. The third-order valence-electron chi connectivity index (χ3n) is 6.02. The molecule has 1 amide bonds. The van der Waals surface area contributed by atoms with Crippen LogP contribution in [-0.2, 0) is 17.9 Å². The SMILES string of the molecule is CN1CCN(Cn2cc(CC(=O)N3CCN(C)CC3)c3ccccc32)CC1. The van der Waals surface area contributed by atoms with Gasteiger partial charge in [0.05, 0.1) is 13.1 Å². The number of aromatic nitrogens is 1. The molecule has 3 heterocycles. The van der Waals surface area contributed by atoms with Crippen molar-refractivity contribution in [2.24, 2.45) is 0 Å². The lowest BCUT2D eigenvalue weighted by atomic mass is 10.1. The summed E-state index contributed by atoms with van der Waals surface area (Å²) < 4.78 is 2.33. The first-order chi connectivity index (χ1) is 13.1. The van der Waals surface area contributed by atoms with E-state index in [1.165, 1.54) is 10.9 Å². The molecule has 0 N–H and O–H groups in total. The summed E-state index contributed by atoms with van der Waals surface area (Å²) in [6.07, 6.45) is 2.71. The molecule has 0 radical (unpaired) electrons. The summed E-state index contributed by atoms with van der Waals surface area (Å²) in [5.74, 6) is 0.255. The first kappa shape index (κ1) is 18.5. The molecule has 0 unspecified atom stereocenters. The van der Waals surface area contributed by atoms with Crippen molar-refractivity contribution >= 4 is 16.8 Å². The molecular weight excluding hydrogens is 338 g/mol. The third kappa shape index (κ3) is 4.18. The van der Waals surface area contributed by atoms with Gasteiger partial charge in [-0.1, -0.05) is 18.2 Å². The van der Waals surface area contributed by atoms with E-state index >= 15 is 0 Å². The number of nitrogens with zero attached hydrogens (tertiary/aromatic N) is 5. The van der Waals surface area contributed by atoms with Crippen LogP contribution in [0.1, 0.15) is 5.56 Å². The summed E-state index contributed by atoms with van der Waals surface area (Å²) in [4.78, 5) is 22.0. The normalized spacial score (nSPS) is 20.4. The van der Waals surface area contributed by atoms with Crippen LogP contribution < -0.4 is 0 Å². The lowest BCUT2D eigenvalue weighted by Crippen LogP contribution is -2.47. The molecule has 2 fully saturated rings. The van der Waals surface area contributed by atoms with E-state index in [-0.39, 0.29) is 5.91 Å². The molecule has 2 aromatic rings. The molecule has 4 rings (SSSR count). The zero-order valence-electron chi connectivity index (χ0n) is 16.6. The van der Waals surface area contributed by atoms with E-state index in [9.17, 15) is 4.79 Å². The second-order valence-corrected chi connectivity index (χ2v) is 8.06. The molecular formula is C21H31N5O. The maximum atomic E-state index is 12.8. The van der Waals surface area contributed by atoms with Crippen molar-refractivity contribution in [3.05, 3.63) is 36.0 Å². The number of likely N-dealkylation sites (N-methyl/N-ethyl adjacent to an activating group) is 2. The van der Waals surface area contributed by atoms with Crippen molar-refractivity contribution in [3.8, 4) is 0 Å². The minimum absolute atomic E-state index is 0.255. The fourth-order valence-electron chi connectivity index (χ4n) is 4.12. The van der Waals surface area contributed by atoms with Crippen LogP contribution in [0.5, 0.6) is 0 Å². The Kier molecular flexibility index (Phi) is 5.48. The smallest absolute Gasteiger partial charge is 0.227 e. The van der Waals surface area contributed by atoms with Crippen molar-refractivity contribution < 1.29 is 4.79 Å². The van der Waals surface area contributed by atoms with Crippen molar-refractivity contribution in [1.29, 1.82) is 0 Å². The van der Waals surface area contributed by atoms with Gasteiger partial charge in [-0.25, -0.2) is 0 Å². The van der Waals surface area contributed by atoms with Gasteiger partial charge in [0.25, 0.3) is 0 Å². The van der Waals surface area contributed by atoms with E-state index < -0.39 is 0 Å². The number of piperazine rings is 2. The van der Waals surface area contributed by atoms with Gasteiger partial charge < -0.3 is 19.3 Å². The predicted octanol–water partition coefficient (Wildman–Crippen LogP) is 1.16. The van der Waals surface area contributed by atoms with E-state index in [0.717, 1.165) is 64.6 Å². The maximum absolute atomic E-state index is 12.8. The number of fused-ring (bicyclic) bond motifs is 1. The van der Waals surface area contributed by atoms with Gasteiger partial charge in [0.15, 0.2) is 0 Å². The van der Waals surface area contributed by atoms with E-state index in [2.05, 4.69) is 63.8 Å². The first-order valence-corrected chi connectivity index (χ1v) is 10.0. The molecule has 2 aliphatic rings. The summed E-state index contributed by atoms with van der Waals surface area (Å²) in [5.41, 5.74) is 2.39. The van der Waals surface area contributed by atoms with Crippen LogP contribution in [0.3, 0.4) is 0 Å². The lowest BCUT2D eigenvalue weighted by Gasteiger charge is -2.32. The summed E-state index contributed by atoms with van der Waals surface area (Å²) >= 11 is 0. The summed E-state index contributed by atoms with van der Waals surface area (Å²) in [5, 5.41) is 1.22. The fraction of sp³-hybridized carbons (Fsp3) is 0.571. The molecule has 27 heavy (non-hydrogen) atoms. The van der Waals surface area contributed by atoms with E-state index in [0.29, 0.717) is 6.42 Å². The highest BCUT2D eigenvalue weighted by Crippen LogP contribution is 2.23. The number of hydrogen-bond donors (Lipinski definition) is 0. The van der Waals surface area contributed by atoms with Crippen LogP contribution in [0.25, 0.3) is 10.9 Å². The highest BCUT2D eigenvalue weighted by molar-refractivity contribution is 5.89. The Bertz CT molecular complexity index is 785. The van der Waals surface area contributed by atoms with Gasteiger partial charge in [0.1, 0.15) is 0 Å². The zero-order valence-corrected chi connectivity index (χ0v) is 16.6. The average Bonchev–Trinajstić information content (AvgIpc) is 3.02. The fourth-order valence-corrected chi connectivity index (χ4v) is 4.12. The molecule has 6 heteroatoms. The number of carbonyl (C=O) groups is 1. The highest BCUT2D eigenvalue weighted by Gasteiger charge is 2.21. The number of hydrogen-bond acceptors (Lipinski definition) is 4. The molecule has 0 saturated carbocycles. The summed E-state index contributed by atoms with van der Waals surface area (Å²) in [7, 11) is 4.30. The van der Waals surface area contributed by atoms with Crippen LogP contribution in [0.2, 0.25) is 0 Å². The Balaban J connectivity index is 1.50. The molecule has 1 aromatic carbocycles. The van der Waals surface area contributed by atoms with Gasteiger partial charge in [-0.15, -0.1) is 0 Å². The standard InChI is InChI=1S/C21H31N5O/c1-22-7-11-24(12-8-22)17-26-16-18(19-5-3-4-6-20(19)26)15-21(27)25-13-9-23(2)10-14-25/h3-6,16H,7-15,17H2,1-2H3. The Morgan fingerprint density at radius 3 is 2.22 bits per heavy atom. The number of amides is 1. The Morgan fingerprint density at radius 2 is 1.52 bits per heavy atom. The second-order valence-electron chi connectivity index (χ2n) is 8.06. The van der Waals surface area contributed by atoms with Gasteiger partial charge in [-0.3, -0.25) is 9.69 Å². The second kappa shape index (κ2) is 8.00. The number of carbonyl (C=O) groups excluding carboxylic acids is 1. The first-order valence-electron chi connectivity index (χ1n) is 10.0. The minimum atomic E-state index is 0.255. The largest absolute Gasteiger partial charge is 0.340 e. The molecule has 0 bridgehead atoms. The highest BCUT2D eigenvalue weighted by atomic mass is 16.2.